The molecule has 1 aromatic rings. The second-order valence-electron chi connectivity index (χ2n) is 2.65. The molecule has 0 saturated heterocycles. The van der Waals surface area contributed by atoms with Gasteiger partial charge in [-0.1, -0.05) is 15.9 Å². The Morgan fingerprint density at radius 3 is 2.85 bits per heavy atom. The summed E-state index contributed by atoms with van der Waals surface area (Å²) in [5.41, 5.74) is 6.24. The molecule has 0 aromatic heterocycles. The highest BCUT2D eigenvalue weighted by Crippen LogP contribution is 2.27. The van der Waals surface area contributed by atoms with Crippen molar-refractivity contribution in [3.63, 3.8) is 0 Å². The maximum absolute atomic E-state index is 12.3. The van der Waals surface area contributed by atoms with E-state index in [1.165, 1.54) is 7.11 Å². The number of hydrogen-bond acceptors (Lipinski definition) is 2. The minimum absolute atomic E-state index is 0.590. The third kappa shape index (κ3) is 2.42. The minimum atomic E-state index is -0.618. The van der Waals surface area contributed by atoms with E-state index in [1.807, 2.05) is 6.07 Å². The van der Waals surface area contributed by atoms with Gasteiger partial charge in [0.15, 0.2) is 0 Å². The zero-order valence-corrected chi connectivity index (χ0v) is 8.84. The van der Waals surface area contributed by atoms with E-state index >= 15 is 0 Å². The van der Waals surface area contributed by atoms with Crippen molar-refractivity contribution < 1.29 is 9.13 Å². The highest BCUT2D eigenvalue weighted by molar-refractivity contribution is 9.10. The molecule has 2 N–H and O–H groups in total. The first kappa shape index (κ1) is 10.5. The molecule has 0 amide bonds. The zero-order valence-electron chi connectivity index (χ0n) is 7.26. The van der Waals surface area contributed by atoms with Gasteiger partial charge in [0.2, 0.25) is 0 Å². The van der Waals surface area contributed by atoms with Crippen molar-refractivity contribution in [2.45, 2.75) is 6.04 Å². The van der Waals surface area contributed by atoms with Crippen molar-refractivity contribution >= 4 is 15.9 Å². The van der Waals surface area contributed by atoms with Gasteiger partial charge in [0.05, 0.1) is 13.2 Å². The second-order valence-corrected chi connectivity index (χ2v) is 3.56. The highest BCUT2D eigenvalue weighted by atomic mass is 79.9. The smallest absolute Gasteiger partial charge is 0.123 e. The zero-order chi connectivity index (χ0) is 9.84. The Labute approximate surface area is 85.0 Å². The summed E-state index contributed by atoms with van der Waals surface area (Å²) in [4.78, 5) is 0. The van der Waals surface area contributed by atoms with E-state index in [9.17, 15) is 4.39 Å². The van der Waals surface area contributed by atoms with Crippen LogP contribution in [0.25, 0.3) is 0 Å². The molecule has 0 aliphatic heterocycles. The lowest BCUT2D eigenvalue weighted by Crippen LogP contribution is -2.13. The molecule has 0 fully saturated rings. The number of methoxy groups -OCH3 is 1. The fourth-order valence-corrected chi connectivity index (χ4v) is 1.46. The maximum Gasteiger partial charge on any atom is 0.123 e. The average molecular weight is 248 g/mol. The molecule has 1 atom stereocenters. The molecule has 0 spiro atoms. The molecule has 0 heterocycles. The van der Waals surface area contributed by atoms with Gasteiger partial charge < -0.3 is 10.5 Å². The normalized spacial score (nSPS) is 12.6. The van der Waals surface area contributed by atoms with E-state index in [2.05, 4.69) is 15.9 Å². The van der Waals surface area contributed by atoms with Crippen LogP contribution in [0.2, 0.25) is 0 Å². The number of hydrogen-bond donors (Lipinski definition) is 1. The van der Waals surface area contributed by atoms with Gasteiger partial charge in [-0.15, -0.1) is 0 Å². The fraction of sp³-hybridized carbons (Fsp3) is 0.333. The second kappa shape index (κ2) is 4.58. The van der Waals surface area contributed by atoms with Crippen LogP contribution in [0.3, 0.4) is 0 Å². The lowest BCUT2D eigenvalue weighted by molar-refractivity contribution is 0.389. The first-order chi connectivity index (χ1) is 6.19. The van der Waals surface area contributed by atoms with Crippen LogP contribution >= 0.6 is 15.9 Å². The van der Waals surface area contributed by atoms with Crippen LogP contribution in [0.15, 0.2) is 22.7 Å². The molecule has 0 saturated carbocycles. The van der Waals surface area contributed by atoms with Crippen LogP contribution in [-0.2, 0) is 0 Å². The molecule has 1 unspecified atom stereocenters. The number of ether oxygens (including phenoxy) is 1. The summed E-state index contributed by atoms with van der Waals surface area (Å²) < 4.78 is 18.2. The van der Waals surface area contributed by atoms with Gasteiger partial charge in [0.1, 0.15) is 12.4 Å². The van der Waals surface area contributed by atoms with Gasteiger partial charge in [-0.05, 0) is 18.2 Å². The Morgan fingerprint density at radius 1 is 1.62 bits per heavy atom. The molecule has 0 radical (unpaired) electrons. The van der Waals surface area contributed by atoms with Crippen LogP contribution in [0.4, 0.5) is 4.39 Å². The molecule has 0 bridgehead atoms. The topological polar surface area (TPSA) is 35.2 Å². The first-order valence-corrected chi connectivity index (χ1v) is 4.63. The lowest BCUT2D eigenvalue weighted by Gasteiger charge is -2.12. The number of rotatable bonds is 3. The largest absolute Gasteiger partial charge is 0.496 e. The van der Waals surface area contributed by atoms with Gasteiger partial charge in [-0.2, -0.15) is 0 Å². The Balaban J connectivity index is 3.07. The van der Waals surface area contributed by atoms with Crippen molar-refractivity contribution in [2.24, 2.45) is 5.73 Å². The molecule has 0 aliphatic carbocycles. The minimum Gasteiger partial charge on any atom is -0.496 e. The highest BCUT2D eigenvalue weighted by Gasteiger charge is 2.11. The summed E-state index contributed by atoms with van der Waals surface area (Å²) in [5, 5.41) is 0. The van der Waals surface area contributed by atoms with E-state index in [1.54, 1.807) is 12.1 Å². The maximum atomic E-state index is 12.3. The van der Waals surface area contributed by atoms with Gasteiger partial charge in [0, 0.05) is 10.0 Å². The Kier molecular flexibility index (Phi) is 3.69. The molecule has 0 aliphatic rings. The van der Waals surface area contributed by atoms with Crippen molar-refractivity contribution in [2.75, 3.05) is 13.8 Å². The quantitative estimate of drug-likeness (QED) is 0.891. The third-order valence-corrected chi connectivity index (χ3v) is 2.25. The van der Waals surface area contributed by atoms with E-state index in [4.69, 9.17) is 10.5 Å². The molecule has 1 aromatic carbocycles. The number of halogens is 2. The van der Waals surface area contributed by atoms with Crippen molar-refractivity contribution in [1.29, 1.82) is 0 Å². The Bertz CT molecular complexity index is 293. The van der Waals surface area contributed by atoms with Crippen molar-refractivity contribution in [3.8, 4) is 5.75 Å². The predicted molar refractivity (Wildman–Crippen MR) is 53.6 cm³/mol. The van der Waals surface area contributed by atoms with Gasteiger partial charge in [0.25, 0.3) is 0 Å². The summed E-state index contributed by atoms with van der Waals surface area (Å²) in [6, 6.07) is 4.73. The van der Waals surface area contributed by atoms with E-state index < -0.39 is 12.7 Å². The van der Waals surface area contributed by atoms with Crippen LogP contribution < -0.4 is 10.5 Å². The summed E-state index contributed by atoms with van der Waals surface area (Å²) >= 11 is 3.29. The molecule has 1 rings (SSSR count). The molecular formula is C9H11BrFNO. The van der Waals surface area contributed by atoms with E-state index in [0.29, 0.717) is 11.3 Å². The summed E-state index contributed by atoms with van der Waals surface area (Å²) in [6.07, 6.45) is 0. The molecular weight excluding hydrogens is 237 g/mol. The van der Waals surface area contributed by atoms with E-state index in [0.717, 1.165) is 4.47 Å². The molecule has 2 nitrogen and oxygen atoms in total. The monoisotopic (exact) mass is 247 g/mol. The van der Waals surface area contributed by atoms with Gasteiger partial charge in [-0.3, -0.25) is 0 Å². The number of alkyl halides is 1. The lowest BCUT2D eigenvalue weighted by atomic mass is 10.1. The summed E-state index contributed by atoms with van der Waals surface area (Å²) in [7, 11) is 1.54. The third-order valence-electron chi connectivity index (χ3n) is 1.76. The van der Waals surface area contributed by atoms with Gasteiger partial charge in [-0.25, -0.2) is 4.39 Å². The predicted octanol–water partition coefficient (Wildman–Crippen LogP) is 2.43. The van der Waals surface area contributed by atoms with Crippen LogP contribution in [0.5, 0.6) is 5.75 Å². The number of benzene rings is 1. The van der Waals surface area contributed by atoms with Crippen LogP contribution in [-0.4, -0.2) is 13.8 Å². The van der Waals surface area contributed by atoms with Gasteiger partial charge >= 0.3 is 0 Å². The van der Waals surface area contributed by atoms with Crippen LogP contribution in [0, 0.1) is 0 Å². The first-order valence-electron chi connectivity index (χ1n) is 3.84. The Hall–Kier alpha value is -0.610. The van der Waals surface area contributed by atoms with E-state index in [-0.39, 0.29) is 0 Å². The SMILES string of the molecule is COc1ccc(Br)cc1C(N)CF. The average Bonchev–Trinajstić information content (AvgIpc) is 2.16. The molecule has 4 heteroatoms. The molecule has 72 valence electrons. The van der Waals surface area contributed by atoms with Crippen molar-refractivity contribution in [3.05, 3.63) is 28.2 Å². The molecule has 13 heavy (non-hydrogen) atoms. The summed E-state index contributed by atoms with van der Waals surface area (Å²) in [5.74, 6) is 0.619. The standard InChI is InChI=1S/C9H11BrFNO/c1-13-9-3-2-6(10)4-7(9)8(12)5-11/h2-4,8H,5,12H2,1H3. The van der Waals surface area contributed by atoms with Crippen molar-refractivity contribution in [1.82, 2.24) is 0 Å². The fourth-order valence-electron chi connectivity index (χ4n) is 1.08. The number of nitrogens with two attached hydrogens (primary N) is 1. The summed E-state index contributed by atoms with van der Waals surface area (Å²) in [6.45, 7) is -0.590. The Morgan fingerprint density at radius 2 is 2.31 bits per heavy atom. The van der Waals surface area contributed by atoms with Crippen LogP contribution in [0.1, 0.15) is 11.6 Å².